The van der Waals surface area contributed by atoms with Crippen LogP contribution in [0.3, 0.4) is 0 Å². The van der Waals surface area contributed by atoms with Crippen LogP contribution in [0.4, 0.5) is 5.13 Å². The SMILES string of the molecule is CNc1nnc(C(=O)N2CCN(C(C)C)CC2)s1. The van der Waals surface area contributed by atoms with Crippen LogP contribution >= 0.6 is 11.3 Å². The average molecular weight is 269 g/mol. The maximum atomic E-state index is 12.2. The number of nitrogens with zero attached hydrogens (tertiary/aromatic N) is 4. The van der Waals surface area contributed by atoms with Gasteiger partial charge >= 0.3 is 0 Å². The zero-order chi connectivity index (χ0) is 13.1. The molecular formula is C11H19N5OS. The Morgan fingerprint density at radius 3 is 2.44 bits per heavy atom. The molecule has 1 aromatic heterocycles. The Bertz CT molecular complexity index is 411. The van der Waals surface area contributed by atoms with E-state index in [1.54, 1.807) is 7.05 Å². The molecule has 7 heteroatoms. The van der Waals surface area contributed by atoms with Crippen molar-refractivity contribution >= 4 is 22.4 Å². The molecule has 1 N–H and O–H groups in total. The molecular weight excluding hydrogens is 250 g/mol. The molecule has 100 valence electrons. The number of rotatable bonds is 3. The molecule has 1 saturated heterocycles. The Morgan fingerprint density at radius 2 is 1.94 bits per heavy atom. The number of amides is 1. The van der Waals surface area contributed by atoms with Crippen LogP contribution in [0, 0.1) is 0 Å². The molecule has 0 atom stereocenters. The summed E-state index contributed by atoms with van der Waals surface area (Å²) in [7, 11) is 1.77. The van der Waals surface area contributed by atoms with Gasteiger partial charge in [0, 0.05) is 39.3 Å². The van der Waals surface area contributed by atoms with E-state index in [1.165, 1.54) is 11.3 Å². The van der Waals surface area contributed by atoms with Gasteiger partial charge in [0.25, 0.3) is 5.91 Å². The number of nitrogens with one attached hydrogen (secondary N) is 1. The van der Waals surface area contributed by atoms with E-state index < -0.39 is 0 Å². The van der Waals surface area contributed by atoms with Gasteiger partial charge in [0.2, 0.25) is 10.1 Å². The lowest BCUT2D eigenvalue weighted by molar-refractivity contribution is 0.0594. The Balaban J connectivity index is 1.95. The maximum Gasteiger partial charge on any atom is 0.284 e. The Morgan fingerprint density at radius 1 is 1.28 bits per heavy atom. The minimum absolute atomic E-state index is 0.00240. The molecule has 18 heavy (non-hydrogen) atoms. The topological polar surface area (TPSA) is 61.4 Å². The van der Waals surface area contributed by atoms with Crippen molar-refractivity contribution in [2.45, 2.75) is 19.9 Å². The van der Waals surface area contributed by atoms with Gasteiger partial charge in [-0.2, -0.15) is 0 Å². The van der Waals surface area contributed by atoms with Gasteiger partial charge in [0.05, 0.1) is 0 Å². The van der Waals surface area contributed by atoms with E-state index >= 15 is 0 Å². The van der Waals surface area contributed by atoms with Crippen molar-refractivity contribution in [2.24, 2.45) is 0 Å². The monoisotopic (exact) mass is 269 g/mol. The molecule has 6 nitrogen and oxygen atoms in total. The number of hydrogen-bond acceptors (Lipinski definition) is 6. The molecule has 0 aromatic carbocycles. The van der Waals surface area contributed by atoms with E-state index in [0.717, 1.165) is 26.2 Å². The highest BCUT2D eigenvalue weighted by Gasteiger charge is 2.25. The van der Waals surface area contributed by atoms with Crippen LogP contribution in [0.25, 0.3) is 0 Å². The molecule has 0 aliphatic carbocycles. The van der Waals surface area contributed by atoms with E-state index in [2.05, 4.69) is 34.3 Å². The van der Waals surface area contributed by atoms with Gasteiger partial charge in [0.1, 0.15) is 0 Å². The normalized spacial score (nSPS) is 17.2. The highest BCUT2D eigenvalue weighted by atomic mass is 32.1. The number of carbonyl (C=O) groups is 1. The van der Waals surface area contributed by atoms with Crippen molar-refractivity contribution < 1.29 is 4.79 Å². The van der Waals surface area contributed by atoms with Crippen molar-refractivity contribution in [2.75, 3.05) is 38.5 Å². The summed E-state index contributed by atoms with van der Waals surface area (Å²) >= 11 is 1.30. The first-order valence-corrected chi connectivity index (χ1v) is 6.98. The molecule has 0 saturated carbocycles. The maximum absolute atomic E-state index is 12.2. The van der Waals surface area contributed by atoms with Crippen molar-refractivity contribution in [3.05, 3.63) is 5.01 Å². The molecule has 1 aliphatic rings. The second-order valence-electron chi connectivity index (χ2n) is 4.58. The van der Waals surface area contributed by atoms with Gasteiger partial charge in [-0.05, 0) is 13.8 Å². The molecule has 2 rings (SSSR count). The van der Waals surface area contributed by atoms with E-state index in [4.69, 9.17) is 0 Å². The summed E-state index contributed by atoms with van der Waals surface area (Å²) in [6, 6.07) is 0.541. The predicted molar refractivity (Wildman–Crippen MR) is 72.1 cm³/mol. The molecule has 0 unspecified atom stereocenters. The van der Waals surface area contributed by atoms with Crippen LogP contribution in [0.5, 0.6) is 0 Å². The summed E-state index contributed by atoms with van der Waals surface area (Å²) in [5.74, 6) is -0.00240. The lowest BCUT2D eigenvalue weighted by Gasteiger charge is -2.36. The first-order chi connectivity index (χ1) is 8.61. The van der Waals surface area contributed by atoms with E-state index in [9.17, 15) is 4.79 Å². The van der Waals surface area contributed by atoms with E-state index in [1.807, 2.05) is 4.90 Å². The first-order valence-electron chi connectivity index (χ1n) is 6.16. The summed E-state index contributed by atoms with van der Waals surface area (Å²) in [6.07, 6.45) is 0. The Kier molecular flexibility index (Phi) is 4.13. The van der Waals surface area contributed by atoms with Crippen LogP contribution in [0.15, 0.2) is 0 Å². The highest BCUT2D eigenvalue weighted by molar-refractivity contribution is 7.17. The molecule has 1 fully saturated rings. The van der Waals surface area contributed by atoms with Crippen LogP contribution in [0.2, 0.25) is 0 Å². The van der Waals surface area contributed by atoms with Crippen molar-refractivity contribution in [1.29, 1.82) is 0 Å². The van der Waals surface area contributed by atoms with Crippen LogP contribution in [0.1, 0.15) is 23.6 Å². The number of aromatic nitrogens is 2. The molecule has 0 radical (unpaired) electrons. The molecule has 0 bridgehead atoms. The van der Waals surface area contributed by atoms with Gasteiger partial charge in [0.15, 0.2) is 0 Å². The second kappa shape index (κ2) is 5.62. The molecule has 1 aliphatic heterocycles. The minimum Gasteiger partial charge on any atom is -0.363 e. The van der Waals surface area contributed by atoms with Crippen molar-refractivity contribution in [1.82, 2.24) is 20.0 Å². The average Bonchev–Trinajstić information content (AvgIpc) is 2.86. The van der Waals surface area contributed by atoms with Gasteiger partial charge in [-0.25, -0.2) is 0 Å². The lowest BCUT2D eigenvalue weighted by Crippen LogP contribution is -2.50. The van der Waals surface area contributed by atoms with E-state index in [0.29, 0.717) is 16.2 Å². The number of piperazine rings is 1. The summed E-state index contributed by atoms with van der Waals surface area (Å²) in [4.78, 5) is 16.4. The third kappa shape index (κ3) is 2.78. The fourth-order valence-electron chi connectivity index (χ4n) is 1.99. The number of hydrogen-bond donors (Lipinski definition) is 1. The predicted octanol–water partition coefficient (Wildman–Crippen LogP) is 0.746. The third-order valence-corrected chi connectivity index (χ3v) is 4.08. The number of anilines is 1. The summed E-state index contributed by atoms with van der Waals surface area (Å²) in [5, 5.41) is 11.9. The van der Waals surface area contributed by atoms with Crippen molar-refractivity contribution in [3.8, 4) is 0 Å². The smallest absolute Gasteiger partial charge is 0.284 e. The quantitative estimate of drug-likeness (QED) is 0.877. The van der Waals surface area contributed by atoms with Gasteiger partial charge in [-0.15, -0.1) is 10.2 Å². The summed E-state index contributed by atoms with van der Waals surface area (Å²) in [6.45, 7) is 7.77. The van der Waals surface area contributed by atoms with Gasteiger partial charge in [-0.3, -0.25) is 9.69 Å². The molecule has 1 amide bonds. The van der Waals surface area contributed by atoms with Gasteiger partial charge in [-0.1, -0.05) is 11.3 Å². The molecule has 0 spiro atoms. The van der Waals surface area contributed by atoms with Crippen LogP contribution in [-0.4, -0.2) is 65.2 Å². The summed E-state index contributed by atoms with van der Waals surface area (Å²) < 4.78 is 0. The molecule has 2 heterocycles. The Labute approximate surface area is 111 Å². The zero-order valence-electron chi connectivity index (χ0n) is 11.0. The summed E-state index contributed by atoms with van der Waals surface area (Å²) in [5.41, 5.74) is 0. The fourth-order valence-corrected chi connectivity index (χ4v) is 2.65. The minimum atomic E-state index is -0.00240. The van der Waals surface area contributed by atoms with Crippen LogP contribution < -0.4 is 5.32 Å². The third-order valence-electron chi connectivity index (χ3n) is 3.15. The standard InChI is InChI=1S/C11H19N5OS/c1-8(2)15-4-6-16(7-5-15)10(17)9-13-14-11(12-3)18-9/h8H,4-7H2,1-3H3,(H,12,14). The fraction of sp³-hybridized carbons (Fsp3) is 0.727. The van der Waals surface area contributed by atoms with Crippen molar-refractivity contribution in [3.63, 3.8) is 0 Å². The second-order valence-corrected chi connectivity index (χ2v) is 5.56. The lowest BCUT2D eigenvalue weighted by atomic mass is 10.2. The van der Waals surface area contributed by atoms with Crippen LogP contribution in [-0.2, 0) is 0 Å². The zero-order valence-corrected chi connectivity index (χ0v) is 11.8. The number of carbonyl (C=O) groups excluding carboxylic acids is 1. The first kappa shape index (κ1) is 13.2. The highest BCUT2D eigenvalue weighted by Crippen LogP contribution is 2.17. The molecule has 1 aromatic rings. The largest absolute Gasteiger partial charge is 0.363 e. The van der Waals surface area contributed by atoms with Gasteiger partial charge < -0.3 is 10.2 Å². The Hall–Kier alpha value is -1.21. The van der Waals surface area contributed by atoms with E-state index in [-0.39, 0.29) is 5.91 Å².